The van der Waals surface area contributed by atoms with Crippen LogP contribution in [0.15, 0.2) is 194 Å². The molecule has 0 saturated carbocycles. The van der Waals surface area contributed by atoms with Crippen LogP contribution in [0.25, 0.3) is 33.4 Å². The van der Waals surface area contributed by atoms with Gasteiger partial charge in [0.05, 0.1) is 11.4 Å². The summed E-state index contributed by atoms with van der Waals surface area (Å²) in [5.74, 6) is 3.57. The topological polar surface area (TPSA) is 40.2 Å². The fourth-order valence-electron chi connectivity index (χ4n) is 15.7. The lowest BCUT2D eigenvalue weighted by molar-refractivity contribution is 0.487. The van der Waals surface area contributed by atoms with Crippen LogP contribution >= 0.6 is 23.9 Å². The summed E-state index contributed by atoms with van der Waals surface area (Å²) in [4.78, 5) is 2.49. The molecule has 0 spiro atoms. The van der Waals surface area contributed by atoms with E-state index in [1.54, 1.807) is 23.9 Å². The Balaban J connectivity index is 0.924. The molecule has 0 saturated heterocycles. The summed E-state index contributed by atoms with van der Waals surface area (Å²) in [5, 5.41) is 4.13. The van der Waals surface area contributed by atoms with Gasteiger partial charge in [0.15, 0.2) is 0 Å². The molecular formula is C74H57B3N4O2S2. The lowest BCUT2D eigenvalue weighted by atomic mass is 9.29. The zero-order valence-electron chi connectivity index (χ0n) is 48.7. The maximum atomic E-state index is 7.56. The summed E-state index contributed by atoms with van der Waals surface area (Å²) >= 11 is 3.53. The number of nitrogens with one attached hydrogen (secondary N) is 1. The van der Waals surface area contributed by atoms with Crippen molar-refractivity contribution < 1.29 is 9.47 Å². The van der Waals surface area contributed by atoms with Crippen molar-refractivity contribution >= 4 is 144 Å². The Labute approximate surface area is 507 Å². The fourth-order valence-corrected chi connectivity index (χ4v) is 17.1. The monoisotopic (exact) mass is 1130 g/mol. The molecule has 0 amide bonds. The van der Waals surface area contributed by atoms with Gasteiger partial charge in [-0.15, -0.1) is 0 Å². The van der Waals surface area contributed by atoms with Gasteiger partial charge in [0.1, 0.15) is 23.0 Å². The van der Waals surface area contributed by atoms with Crippen molar-refractivity contribution in [2.45, 2.75) is 41.5 Å². The SMILES string of the molecule is CSN1c2cc3c(cc2B2c4ccccc4Oc4cc(-c5c(C)cccc5C)cc1c42)B1c2cc4c(cc2Oc2cc(-c5c(C)cccc5C)cc(c21)N3SC)Nc1cc(-c2c(C)cccc2C)cc2c1B4c1ccccc1N2c1ccccc1. The first-order valence-corrected chi connectivity index (χ1v) is 31.8. The summed E-state index contributed by atoms with van der Waals surface area (Å²) in [7, 11) is 0. The van der Waals surface area contributed by atoms with Crippen molar-refractivity contribution in [3.8, 4) is 56.4 Å². The number of para-hydroxylation sites is 3. The minimum absolute atomic E-state index is 0.0755. The Morgan fingerprint density at radius 1 is 0.329 bits per heavy atom. The third-order valence-corrected chi connectivity index (χ3v) is 20.6. The molecule has 0 radical (unpaired) electrons. The van der Waals surface area contributed by atoms with Gasteiger partial charge in [0.2, 0.25) is 0 Å². The van der Waals surface area contributed by atoms with E-state index in [-0.39, 0.29) is 20.1 Å². The number of nitrogens with zero attached hydrogens (tertiary/aromatic N) is 3. The molecule has 6 heterocycles. The molecule has 6 aliphatic rings. The molecule has 0 fully saturated rings. The van der Waals surface area contributed by atoms with Crippen molar-refractivity contribution in [1.82, 2.24) is 0 Å². The van der Waals surface area contributed by atoms with Gasteiger partial charge in [-0.3, -0.25) is 8.61 Å². The fraction of sp³-hybridized carbons (Fsp3) is 0.108. The molecule has 11 heteroatoms. The first-order chi connectivity index (χ1) is 41.5. The normalized spacial score (nSPS) is 13.9. The van der Waals surface area contributed by atoms with Crippen molar-refractivity contribution in [2.24, 2.45) is 0 Å². The highest BCUT2D eigenvalue weighted by molar-refractivity contribution is 8.00. The molecule has 0 unspecified atom stereocenters. The van der Waals surface area contributed by atoms with Crippen LogP contribution in [0.2, 0.25) is 0 Å². The first-order valence-electron chi connectivity index (χ1n) is 29.5. The summed E-state index contributed by atoms with van der Waals surface area (Å²) < 4.78 is 19.6. The van der Waals surface area contributed by atoms with Crippen LogP contribution in [-0.2, 0) is 0 Å². The van der Waals surface area contributed by atoms with Crippen LogP contribution < -0.4 is 77.5 Å². The molecule has 1 N–H and O–H groups in total. The van der Waals surface area contributed by atoms with Crippen molar-refractivity contribution in [2.75, 3.05) is 31.3 Å². The highest BCUT2D eigenvalue weighted by Gasteiger charge is 2.49. The van der Waals surface area contributed by atoms with E-state index in [1.165, 1.54) is 128 Å². The van der Waals surface area contributed by atoms with E-state index < -0.39 is 0 Å². The Morgan fingerprint density at radius 3 is 1.38 bits per heavy atom. The average molecular weight is 1130 g/mol. The summed E-state index contributed by atoms with van der Waals surface area (Å²) in [6.45, 7) is 13.0. The number of anilines is 9. The number of ether oxygens (including phenoxy) is 2. The lowest BCUT2D eigenvalue weighted by Gasteiger charge is -2.44. The summed E-state index contributed by atoms with van der Waals surface area (Å²) in [6, 6.07) is 72.9. The van der Waals surface area contributed by atoms with Crippen molar-refractivity contribution in [1.29, 1.82) is 0 Å². The van der Waals surface area contributed by atoms with E-state index in [2.05, 4.69) is 267 Å². The third kappa shape index (κ3) is 7.26. The maximum absolute atomic E-state index is 7.56. The van der Waals surface area contributed by atoms with E-state index in [0.717, 1.165) is 62.6 Å². The van der Waals surface area contributed by atoms with Gasteiger partial charge >= 0.3 is 0 Å². The quantitative estimate of drug-likeness (QED) is 0.130. The number of fused-ring (bicyclic) bond motifs is 12. The van der Waals surface area contributed by atoms with Crippen LogP contribution in [-0.4, -0.2) is 32.6 Å². The van der Waals surface area contributed by atoms with E-state index in [1.807, 2.05) is 0 Å². The highest BCUT2D eigenvalue weighted by Crippen LogP contribution is 2.49. The van der Waals surface area contributed by atoms with E-state index in [0.29, 0.717) is 0 Å². The van der Waals surface area contributed by atoms with Crippen LogP contribution in [0, 0.1) is 41.5 Å². The number of hydrogen-bond donors (Lipinski definition) is 1. The minimum Gasteiger partial charge on any atom is -0.458 e. The van der Waals surface area contributed by atoms with E-state index in [4.69, 9.17) is 9.47 Å². The Bertz CT molecular complexity index is 4700. The molecule has 0 aliphatic carbocycles. The minimum atomic E-state index is -0.174. The van der Waals surface area contributed by atoms with Gasteiger partial charge < -0.3 is 19.7 Å². The van der Waals surface area contributed by atoms with Gasteiger partial charge in [0, 0.05) is 58.4 Å². The molecule has 0 atom stereocenters. The van der Waals surface area contributed by atoms with Gasteiger partial charge in [-0.2, -0.15) is 0 Å². The third-order valence-electron chi connectivity index (χ3n) is 19.1. The highest BCUT2D eigenvalue weighted by atomic mass is 32.2. The van der Waals surface area contributed by atoms with Gasteiger partial charge in [-0.1, -0.05) is 121 Å². The van der Waals surface area contributed by atoms with E-state index in [9.17, 15) is 0 Å². The molecule has 0 aromatic heterocycles. The Kier molecular flexibility index (Phi) is 11.2. The predicted octanol–water partition coefficient (Wildman–Crippen LogP) is 13.6. The Morgan fingerprint density at radius 2 is 0.800 bits per heavy atom. The molecule has 6 aliphatic heterocycles. The number of aryl methyl sites for hydroxylation is 6. The molecule has 11 aromatic carbocycles. The zero-order chi connectivity index (χ0) is 57.3. The predicted molar refractivity (Wildman–Crippen MR) is 367 cm³/mol. The van der Waals surface area contributed by atoms with Crippen LogP contribution in [0.5, 0.6) is 23.0 Å². The molecule has 11 aromatic rings. The largest absolute Gasteiger partial charge is 0.458 e. The van der Waals surface area contributed by atoms with Gasteiger partial charge in [0.25, 0.3) is 20.1 Å². The number of benzene rings is 11. The summed E-state index contributed by atoms with van der Waals surface area (Å²) in [6.07, 6.45) is 4.44. The average Bonchev–Trinajstić information content (AvgIpc) is 1.07. The smallest absolute Gasteiger partial charge is 0.256 e. The molecule has 406 valence electrons. The van der Waals surface area contributed by atoms with Gasteiger partial charge in [-0.05, 0) is 248 Å². The van der Waals surface area contributed by atoms with E-state index >= 15 is 0 Å². The second-order valence-electron chi connectivity index (χ2n) is 23.9. The second-order valence-corrected chi connectivity index (χ2v) is 25.3. The first kappa shape index (κ1) is 50.6. The standard InChI is InChI=1S/C74H57B3N4O2S2/c1-41-19-16-20-42(2)69(41)47-31-58-72-62(32-47)79(50-25-10-9-11-26-50)59-29-14-12-27-51(59)75(72)53-37-56-66(39-57(53)78-58)83-68-36-49(71-45(5)23-18-24-46(71)6)34-64-74(68)77(56)55-38-54-60(40-61(55)81(64)85-8)80(84-7)63-33-48(70-43(3)21-17-22-44(70)4)35-67-73(63)76(54)52-28-13-15-30-65(52)82-67/h9-40,78H,1-8H3. The molecule has 6 nitrogen and oxygen atoms in total. The maximum Gasteiger partial charge on any atom is 0.256 e. The second kappa shape index (κ2) is 18.8. The van der Waals surface area contributed by atoms with Crippen molar-refractivity contribution in [3.05, 3.63) is 228 Å². The molecule has 17 rings (SSSR count). The number of rotatable bonds is 6. The van der Waals surface area contributed by atoms with Crippen LogP contribution in [0.4, 0.5) is 51.2 Å². The molecule has 0 bridgehead atoms. The van der Waals surface area contributed by atoms with Crippen LogP contribution in [0.1, 0.15) is 33.4 Å². The molecular weight excluding hydrogens is 1070 g/mol. The lowest BCUT2D eigenvalue weighted by Crippen LogP contribution is -2.65. The summed E-state index contributed by atoms with van der Waals surface area (Å²) in [5.41, 5.74) is 36.2. The number of hydrogen-bond acceptors (Lipinski definition) is 8. The molecule has 85 heavy (non-hydrogen) atoms. The van der Waals surface area contributed by atoms with Gasteiger partial charge in [-0.25, -0.2) is 0 Å². The zero-order valence-corrected chi connectivity index (χ0v) is 50.3. The van der Waals surface area contributed by atoms with Crippen LogP contribution in [0.3, 0.4) is 0 Å². The Hall–Kier alpha value is -8.89. The van der Waals surface area contributed by atoms with Crippen molar-refractivity contribution in [3.63, 3.8) is 0 Å².